The summed E-state index contributed by atoms with van der Waals surface area (Å²) in [6, 6.07) is 1.45. The maximum absolute atomic E-state index is 12.5. The van der Waals surface area contributed by atoms with Gasteiger partial charge in [-0.05, 0) is 35.0 Å². The normalized spacial score (nSPS) is 13.7. The molecule has 0 radical (unpaired) electrons. The lowest BCUT2D eigenvalue weighted by Gasteiger charge is -2.16. The van der Waals surface area contributed by atoms with Crippen molar-refractivity contribution in [2.24, 2.45) is 5.73 Å². The van der Waals surface area contributed by atoms with Gasteiger partial charge >= 0.3 is 6.18 Å². The van der Waals surface area contributed by atoms with Crippen LogP contribution in [0, 0.1) is 0 Å². The molecule has 1 aromatic carbocycles. The van der Waals surface area contributed by atoms with E-state index < -0.39 is 17.8 Å². The number of methoxy groups -OCH3 is 1. The van der Waals surface area contributed by atoms with Crippen molar-refractivity contribution in [1.82, 2.24) is 0 Å². The minimum Gasteiger partial charge on any atom is -0.495 e. The van der Waals surface area contributed by atoms with Crippen LogP contribution in [0.1, 0.15) is 24.1 Å². The quantitative estimate of drug-likeness (QED) is 0.907. The molecule has 0 saturated carbocycles. The fraction of sp³-hybridized carbons (Fsp3) is 0.400. The van der Waals surface area contributed by atoms with Crippen molar-refractivity contribution in [3.63, 3.8) is 0 Å². The Morgan fingerprint density at radius 3 is 2.31 bits per heavy atom. The fourth-order valence-electron chi connectivity index (χ4n) is 1.33. The van der Waals surface area contributed by atoms with Crippen LogP contribution in [0.25, 0.3) is 0 Å². The SMILES string of the molecule is COc1c(Br)cc(C(F)(F)F)cc1C(C)N. The molecule has 16 heavy (non-hydrogen) atoms. The van der Waals surface area contributed by atoms with Crippen LogP contribution >= 0.6 is 15.9 Å². The molecule has 2 nitrogen and oxygen atoms in total. The van der Waals surface area contributed by atoms with Crippen molar-refractivity contribution in [1.29, 1.82) is 0 Å². The molecular weight excluding hydrogens is 287 g/mol. The Morgan fingerprint density at radius 2 is 1.94 bits per heavy atom. The Labute approximate surface area is 99.7 Å². The van der Waals surface area contributed by atoms with E-state index in [-0.39, 0.29) is 4.47 Å². The maximum Gasteiger partial charge on any atom is 0.416 e. The smallest absolute Gasteiger partial charge is 0.416 e. The third-order valence-corrected chi connectivity index (χ3v) is 2.68. The summed E-state index contributed by atoms with van der Waals surface area (Å²) in [6.45, 7) is 1.60. The molecule has 0 aliphatic heterocycles. The zero-order valence-electron chi connectivity index (χ0n) is 8.73. The minimum atomic E-state index is -4.39. The number of halogens is 4. The third-order valence-electron chi connectivity index (χ3n) is 2.09. The third kappa shape index (κ3) is 2.68. The molecular formula is C10H11BrF3NO. The summed E-state index contributed by atoms with van der Waals surface area (Å²) in [7, 11) is 1.39. The average molecular weight is 298 g/mol. The molecule has 0 fully saturated rings. The van der Waals surface area contributed by atoms with E-state index in [1.165, 1.54) is 7.11 Å². The Hall–Kier alpha value is -0.750. The molecule has 1 aromatic rings. The van der Waals surface area contributed by atoms with E-state index in [0.29, 0.717) is 11.3 Å². The van der Waals surface area contributed by atoms with Crippen molar-refractivity contribution in [3.8, 4) is 5.75 Å². The van der Waals surface area contributed by atoms with Gasteiger partial charge in [-0.1, -0.05) is 0 Å². The van der Waals surface area contributed by atoms with Crippen molar-refractivity contribution in [3.05, 3.63) is 27.7 Å². The highest BCUT2D eigenvalue weighted by molar-refractivity contribution is 9.10. The monoisotopic (exact) mass is 297 g/mol. The first kappa shape index (κ1) is 13.3. The minimum absolute atomic E-state index is 0.247. The average Bonchev–Trinajstić information content (AvgIpc) is 2.14. The van der Waals surface area contributed by atoms with Crippen LogP contribution in [0.15, 0.2) is 16.6 Å². The molecule has 0 aliphatic carbocycles. The molecule has 0 amide bonds. The first-order valence-electron chi connectivity index (χ1n) is 4.47. The topological polar surface area (TPSA) is 35.2 Å². The highest BCUT2D eigenvalue weighted by Crippen LogP contribution is 2.39. The van der Waals surface area contributed by atoms with Gasteiger partial charge in [0.2, 0.25) is 0 Å². The standard InChI is InChI=1S/C10H11BrF3NO/c1-5(15)7-3-6(10(12,13)14)4-8(11)9(7)16-2/h3-5H,15H2,1-2H3. The Balaban J connectivity index is 3.40. The van der Waals surface area contributed by atoms with Gasteiger partial charge in [0.1, 0.15) is 5.75 Å². The van der Waals surface area contributed by atoms with Crippen LogP contribution in [0.4, 0.5) is 13.2 Å². The van der Waals surface area contributed by atoms with Crippen molar-refractivity contribution < 1.29 is 17.9 Å². The van der Waals surface area contributed by atoms with E-state index in [9.17, 15) is 13.2 Å². The van der Waals surface area contributed by atoms with E-state index in [1.54, 1.807) is 6.92 Å². The van der Waals surface area contributed by atoms with Gasteiger partial charge in [-0.3, -0.25) is 0 Å². The number of ether oxygens (including phenoxy) is 1. The van der Waals surface area contributed by atoms with Crippen molar-refractivity contribution >= 4 is 15.9 Å². The maximum atomic E-state index is 12.5. The van der Waals surface area contributed by atoms with E-state index in [4.69, 9.17) is 10.5 Å². The van der Waals surface area contributed by atoms with Gasteiger partial charge in [0.15, 0.2) is 0 Å². The summed E-state index contributed by atoms with van der Waals surface area (Å²) in [4.78, 5) is 0. The summed E-state index contributed by atoms with van der Waals surface area (Å²) >= 11 is 3.04. The molecule has 1 rings (SSSR count). The van der Waals surface area contributed by atoms with Gasteiger partial charge in [-0.2, -0.15) is 13.2 Å². The molecule has 0 aliphatic rings. The lowest BCUT2D eigenvalue weighted by atomic mass is 10.0. The number of hydrogen-bond acceptors (Lipinski definition) is 2. The number of alkyl halides is 3. The van der Waals surface area contributed by atoms with Crippen LogP contribution < -0.4 is 10.5 Å². The van der Waals surface area contributed by atoms with Gasteiger partial charge in [0, 0.05) is 11.6 Å². The molecule has 0 heterocycles. The van der Waals surface area contributed by atoms with Crippen LogP contribution in [0.2, 0.25) is 0 Å². The molecule has 0 spiro atoms. The lowest BCUT2D eigenvalue weighted by molar-refractivity contribution is -0.137. The van der Waals surface area contributed by atoms with E-state index in [0.717, 1.165) is 12.1 Å². The summed E-state index contributed by atoms with van der Waals surface area (Å²) in [5.74, 6) is 0.336. The first-order chi connectivity index (χ1) is 7.27. The van der Waals surface area contributed by atoms with E-state index in [1.807, 2.05) is 0 Å². The van der Waals surface area contributed by atoms with E-state index >= 15 is 0 Å². The van der Waals surface area contributed by atoms with Gasteiger partial charge in [0.25, 0.3) is 0 Å². The zero-order valence-corrected chi connectivity index (χ0v) is 10.3. The van der Waals surface area contributed by atoms with Gasteiger partial charge < -0.3 is 10.5 Å². The van der Waals surface area contributed by atoms with Gasteiger partial charge in [-0.15, -0.1) is 0 Å². The molecule has 0 bridgehead atoms. The van der Waals surface area contributed by atoms with E-state index in [2.05, 4.69) is 15.9 Å². The number of rotatable bonds is 2. The number of nitrogens with two attached hydrogens (primary N) is 1. The fourth-order valence-corrected chi connectivity index (χ4v) is 1.97. The first-order valence-corrected chi connectivity index (χ1v) is 5.27. The molecule has 90 valence electrons. The van der Waals surface area contributed by atoms with Gasteiger partial charge in [-0.25, -0.2) is 0 Å². The van der Waals surface area contributed by atoms with Crippen LogP contribution in [0.3, 0.4) is 0 Å². The Kier molecular flexibility index (Phi) is 3.85. The molecule has 1 unspecified atom stereocenters. The summed E-state index contributed by atoms with van der Waals surface area (Å²) in [5, 5.41) is 0. The Morgan fingerprint density at radius 1 is 1.38 bits per heavy atom. The molecule has 0 aromatic heterocycles. The highest BCUT2D eigenvalue weighted by atomic mass is 79.9. The van der Waals surface area contributed by atoms with Crippen molar-refractivity contribution in [2.45, 2.75) is 19.1 Å². The second-order valence-corrected chi connectivity index (χ2v) is 4.22. The van der Waals surface area contributed by atoms with Gasteiger partial charge in [0.05, 0.1) is 17.1 Å². The molecule has 1 atom stereocenters. The van der Waals surface area contributed by atoms with Crippen molar-refractivity contribution in [2.75, 3.05) is 7.11 Å². The molecule has 0 saturated heterocycles. The molecule has 6 heteroatoms. The number of benzene rings is 1. The summed E-state index contributed by atoms with van der Waals surface area (Å²) in [6.07, 6.45) is -4.39. The predicted molar refractivity (Wildman–Crippen MR) is 58.3 cm³/mol. The van der Waals surface area contributed by atoms with Crippen LogP contribution in [-0.4, -0.2) is 7.11 Å². The van der Waals surface area contributed by atoms with Crippen LogP contribution in [-0.2, 0) is 6.18 Å². The Bertz CT molecular complexity index is 390. The summed E-state index contributed by atoms with van der Waals surface area (Å²) in [5.41, 5.74) is 5.18. The highest BCUT2D eigenvalue weighted by Gasteiger charge is 2.32. The largest absolute Gasteiger partial charge is 0.495 e. The van der Waals surface area contributed by atoms with Crippen LogP contribution in [0.5, 0.6) is 5.75 Å². The molecule has 2 N–H and O–H groups in total. The number of hydrogen-bond donors (Lipinski definition) is 1. The second-order valence-electron chi connectivity index (χ2n) is 3.37. The zero-order chi connectivity index (χ0) is 12.5. The predicted octanol–water partition coefficient (Wildman–Crippen LogP) is 3.50. The second kappa shape index (κ2) is 4.63. The lowest BCUT2D eigenvalue weighted by Crippen LogP contribution is -2.11. The summed E-state index contributed by atoms with van der Waals surface area (Å²) < 4.78 is 42.9.